The zero-order valence-corrected chi connectivity index (χ0v) is 18.0. The van der Waals surface area contributed by atoms with Gasteiger partial charge < -0.3 is 4.74 Å². The van der Waals surface area contributed by atoms with Crippen molar-refractivity contribution in [3.05, 3.63) is 113 Å². The first-order chi connectivity index (χ1) is 16.1. The van der Waals surface area contributed by atoms with Crippen LogP contribution in [0.1, 0.15) is 42.2 Å². The Hall–Kier alpha value is -4.03. The number of esters is 1. The monoisotopic (exact) mass is 450 g/mol. The molecule has 5 nitrogen and oxygen atoms in total. The quantitative estimate of drug-likeness (QED) is 0.374. The number of nitrogens with one attached hydrogen (secondary N) is 1. The normalized spacial score (nSPS) is 17.5. The van der Waals surface area contributed by atoms with E-state index in [0.717, 1.165) is 10.6 Å². The Morgan fingerprint density at radius 3 is 2.33 bits per heavy atom. The molecule has 1 unspecified atom stereocenters. The van der Waals surface area contributed by atoms with Crippen LogP contribution in [-0.2, 0) is 0 Å². The van der Waals surface area contributed by atoms with Crippen molar-refractivity contribution in [3.8, 4) is 5.75 Å². The number of hydrogen-bond acceptors (Lipinski definition) is 5. The van der Waals surface area contributed by atoms with Gasteiger partial charge in [0.15, 0.2) is 11.5 Å². The summed E-state index contributed by atoms with van der Waals surface area (Å²) in [6.07, 6.45) is 7.90. The lowest BCUT2D eigenvalue weighted by molar-refractivity contribution is -0.358. The molecule has 6 heteroatoms. The number of fused-ring (bicyclic) bond motifs is 5. The van der Waals surface area contributed by atoms with Gasteiger partial charge in [-0.3, -0.25) is 9.59 Å². The first-order valence-corrected chi connectivity index (χ1v) is 11.3. The highest BCUT2D eigenvalue weighted by Gasteiger charge is 2.41. The predicted molar refractivity (Wildman–Crippen MR) is 125 cm³/mol. The van der Waals surface area contributed by atoms with Crippen molar-refractivity contribution >= 4 is 40.7 Å². The van der Waals surface area contributed by atoms with Crippen LogP contribution >= 0.6 is 11.8 Å². The molecular formula is C27H16NO4S+. The third-order valence-electron chi connectivity index (χ3n) is 5.84. The van der Waals surface area contributed by atoms with E-state index in [4.69, 9.17) is 4.74 Å². The molecule has 0 spiro atoms. The van der Waals surface area contributed by atoms with Crippen LogP contribution in [0.2, 0.25) is 0 Å². The minimum Gasteiger partial charge on any atom is -0.422 e. The summed E-state index contributed by atoms with van der Waals surface area (Å²) in [5, 5.41) is 0.0416. The summed E-state index contributed by atoms with van der Waals surface area (Å²) in [7, 11) is 0. The molecule has 3 aliphatic rings. The Bertz CT molecular complexity index is 1470. The molecule has 158 valence electrons. The number of hydrogen-bond donors (Lipinski definition) is 1. The second-order valence-electron chi connectivity index (χ2n) is 7.82. The molecule has 0 radical (unpaired) electrons. The number of carbonyl (C=O) groups excluding carboxylic acids is 3. The lowest BCUT2D eigenvalue weighted by Gasteiger charge is -2.24. The third-order valence-corrected chi connectivity index (χ3v) is 7.08. The smallest absolute Gasteiger partial charge is 0.343 e. The molecule has 0 saturated heterocycles. The number of ketones is 2. The van der Waals surface area contributed by atoms with Crippen molar-refractivity contribution in [1.82, 2.24) is 0 Å². The fraction of sp³-hybridized carbons (Fsp3) is 0.0370. The molecule has 0 amide bonds. The standard InChI is InChI=1S/C27H15NO4S/c29-25-16-10-4-5-11-17(16)26(30)23-22(25)19(32-27(31)15-8-2-1-3-9-15)14-21-24(23)28-18-12-6-7-13-20(18)33-21/h1-14,20H/p+1. The molecule has 1 N–H and O–H groups in total. The van der Waals surface area contributed by atoms with E-state index in [1.807, 2.05) is 24.3 Å². The van der Waals surface area contributed by atoms with E-state index in [2.05, 4.69) is 4.99 Å². The predicted octanol–water partition coefficient (Wildman–Crippen LogP) is 3.43. The Morgan fingerprint density at radius 2 is 1.58 bits per heavy atom. The summed E-state index contributed by atoms with van der Waals surface area (Å²) in [6, 6.07) is 17.0. The maximum Gasteiger partial charge on any atom is 0.343 e. The lowest BCUT2D eigenvalue weighted by atomic mass is 9.82. The molecule has 33 heavy (non-hydrogen) atoms. The van der Waals surface area contributed by atoms with Crippen LogP contribution in [0.25, 0.3) is 0 Å². The summed E-state index contributed by atoms with van der Waals surface area (Å²) in [5.74, 6) is -1.09. The molecule has 1 aliphatic heterocycles. The van der Waals surface area contributed by atoms with Crippen molar-refractivity contribution in [2.75, 3.05) is 0 Å². The van der Waals surface area contributed by atoms with Gasteiger partial charge >= 0.3 is 5.97 Å². The van der Waals surface area contributed by atoms with Crippen molar-refractivity contribution < 1.29 is 24.1 Å². The van der Waals surface area contributed by atoms with Gasteiger partial charge in [-0.25, -0.2) is 9.79 Å². The molecule has 0 fully saturated rings. The molecule has 3 aromatic rings. The highest BCUT2D eigenvalue weighted by molar-refractivity contribution is 8.01. The summed E-state index contributed by atoms with van der Waals surface area (Å²) >= 11 is 1.54. The van der Waals surface area contributed by atoms with Crippen molar-refractivity contribution in [2.24, 2.45) is 0 Å². The van der Waals surface area contributed by atoms with Crippen molar-refractivity contribution in [2.45, 2.75) is 10.1 Å². The van der Waals surface area contributed by atoms with Gasteiger partial charge in [0.2, 0.25) is 11.5 Å². The van der Waals surface area contributed by atoms with Gasteiger partial charge in [0.25, 0.3) is 0 Å². The lowest BCUT2D eigenvalue weighted by Crippen LogP contribution is -2.71. The number of benzene rings is 3. The molecular weight excluding hydrogens is 434 g/mol. The molecule has 3 aromatic carbocycles. The maximum atomic E-state index is 13.6. The van der Waals surface area contributed by atoms with Crippen LogP contribution in [0.15, 0.2) is 89.9 Å². The van der Waals surface area contributed by atoms with Gasteiger partial charge in [0.05, 0.1) is 16.0 Å². The largest absolute Gasteiger partial charge is 0.422 e. The van der Waals surface area contributed by atoms with E-state index >= 15 is 0 Å². The van der Waals surface area contributed by atoms with Gasteiger partial charge in [-0.2, -0.15) is 0 Å². The summed E-state index contributed by atoms with van der Waals surface area (Å²) in [5.41, 5.74) is 2.89. The van der Waals surface area contributed by atoms with Crippen LogP contribution in [0.3, 0.4) is 0 Å². The molecule has 0 saturated carbocycles. The number of thioether (sulfide) groups is 1. The van der Waals surface area contributed by atoms with Crippen molar-refractivity contribution in [3.63, 3.8) is 0 Å². The SMILES string of the molecule is O=C(Oc1cc2c(c3c1C(=O)c1ccccc1C3=O)[NH+]=C1C=CC=CC1S2)c1ccccc1. The van der Waals surface area contributed by atoms with Gasteiger partial charge in [-0.1, -0.05) is 60.7 Å². The minimum atomic E-state index is -0.585. The fourth-order valence-electron chi connectivity index (χ4n) is 4.29. The van der Waals surface area contributed by atoms with Gasteiger partial charge in [-0.15, -0.1) is 11.8 Å². The van der Waals surface area contributed by atoms with E-state index in [9.17, 15) is 14.4 Å². The number of ether oxygens (including phenoxy) is 1. The fourth-order valence-corrected chi connectivity index (χ4v) is 5.44. The molecule has 0 bridgehead atoms. The topological polar surface area (TPSA) is 74.4 Å². The van der Waals surface area contributed by atoms with Crippen LogP contribution in [0, 0.1) is 0 Å². The summed E-state index contributed by atoms with van der Waals surface area (Å²) in [4.78, 5) is 44.1. The summed E-state index contributed by atoms with van der Waals surface area (Å²) in [6.45, 7) is 0. The Balaban J connectivity index is 1.57. The third kappa shape index (κ3) is 3.10. The number of carbonyl (C=O) groups is 3. The van der Waals surface area contributed by atoms with E-state index in [1.165, 1.54) is 0 Å². The number of rotatable bonds is 2. The number of allylic oxidation sites excluding steroid dienone is 3. The maximum absolute atomic E-state index is 13.6. The van der Waals surface area contributed by atoms with Gasteiger partial charge in [0.1, 0.15) is 16.6 Å². The van der Waals surface area contributed by atoms with Crippen molar-refractivity contribution in [1.29, 1.82) is 0 Å². The van der Waals surface area contributed by atoms with Crippen LogP contribution < -0.4 is 9.73 Å². The molecule has 1 atom stereocenters. The molecule has 2 aliphatic carbocycles. The summed E-state index contributed by atoms with van der Waals surface area (Å²) < 4.78 is 5.74. The second-order valence-corrected chi connectivity index (χ2v) is 9.00. The Labute approximate surface area is 193 Å². The zero-order chi connectivity index (χ0) is 22.5. The van der Waals surface area contributed by atoms with E-state index < -0.39 is 5.97 Å². The van der Waals surface area contributed by atoms with Gasteiger partial charge in [-0.05, 0) is 12.1 Å². The Morgan fingerprint density at radius 1 is 0.879 bits per heavy atom. The van der Waals surface area contributed by atoms with Crippen LogP contribution in [0.4, 0.5) is 5.69 Å². The van der Waals surface area contributed by atoms with E-state index in [1.54, 1.807) is 72.4 Å². The average molecular weight is 450 g/mol. The van der Waals surface area contributed by atoms with Crippen LogP contribution in [-0.4, -0.2) is 28.5 Å². The highest BCUT2D eigenvalue weighted by atomic mass is 32.2. The zero-order valence-electron chi connectivity index (χ0n) is 17.2. The molecule has 6 rings (SSSR count). The highest BCUT2D eigenvalue weighted by Crippen LogP contribution is 2.44. The first kappa shape index (κ1) is 19.6. The van der Waals surface area contributed by atoms with Gasteiger partial charge in [0, 0.05) is 23.3 Å². The molecule has 1 heterocycles. The second kappa shape index (κ2) is 7.53. The minimum absolute atomic E-state index is 0.0416. The first-order valence-electron chi connectivity index (χ1n) is 10.4. The Kier molecular flexibility index (Phi) is 4.48. The van der Waals surface area contributed by atoms with E-state index in [-0.39, 0.29) is 33.7 Å². The average Bonchev–Trinajstić information content (AvgIpc) is 2.86. The molecule has 0 aromatic heterocycles. The van der Waals surface area contributed by atoms with E-state index in [0.29, 0.717) is 22.4 Å². The van der Waals surface area contributed by atoms with Crippen LogP contribution in [0.5, 0.6) is 5.75 Å².